The molecule has 1 aliphatic heterocycles. The molecule has 0 radical (unpaired) electrons. The van der Waals surface area contributed by atoms with E-state index in [4.69, 9.17) is 4.74 Å². The van der Waals surface area contributed by atoms with Crippen molar-refractivity contribution in [3.8, 4) is 28.3 Å². The Labute approximate surface area is 303 Å². The van der Waals surface area contributed by atoms with Gasteiger partial charge in [0, 0.05) is 56.1 Å². The molecule has 0 unspecified atom stereocenters. The highest BCUT2D eigenvalue weighted by molar-refractivity contribution is 6.22. The summed E-state index contributed by atoms with van der Waals surface area (Å²) in [6, 6.07) is 65.4. The van der Waals surface area contributed by atoms with Crippen LogP contribution in [0, 0.1) is 0 Å². The van der Waals surface area contributed by atoms with Crippen LogP contribution in [-0.4, -0.2) is 4.57 Å². The number of nitrogens with zero attached hydrogens (tertiary/aromatic N) is 2. The Hall–Kier alpha value is -6.58. The van der Waals surface area contributed by atoms with E-state index in [0.29, 0.717) is 0 Å². The molecule has 0 N–H and O–H groups in total. The van der Waals surface area contributed by atoms with Crippen LogP contribution < -0.4 is 9.64 Å². The molecule has 248 valence electrons. The molecular weight excluding hydrogens is 633 g/mol. The normalized spacial score (nSPS) is 13.1. The third kappa shape index (κ3) is 4.74. The van der Waals surface area contributed by atoms with E-state index in [9.17, 15) is 0 Å². The predicted molar refractivity (Wildman–Crippen MR) is 217 cm³/mol. The summed E-state index contributed by atoms with van der Waals surface area (Å²) in [4.78, 5) is 2.37. The molecule has 3 nitrogen and oxygen atoms in total. The molecule has 0 bridgehead atoms. The van der Waals surface area contributed by atoms with Crippen LogP contribution in [0.5, 0.6) is 11.5 Å². The van der Waals surface area contributed by atoms with Crippen LogP contribution in [0.1, 0.15) is 25.0 Å². The van der Waals surface area contributed by atoms with E-state index in [1.54, 1.807) is 0 Å². The molecule has 8 aromatic carbocycles. The summed E-state index contributed by atoms with van der Waals surface area (Å²) < 4.78 is 9.06. The molecule has 1 aromatic heterocycles. The third-order valence-corrected chi connectivity index (χ3v) is 10.8. The molecule has 10 rings (SSSR count). The lowest BCUT2D eigenvalue weighted by molar-refractivity contribution is 0.418. The maximum absolute atomic E-state index is 6.67. The first-order valence-corrected chi connectivity index (χ1v) is 17.9. The summed E-state index contributed by atoms with van der Waals surface area (Å²) in [7, 11) is 0. The first kappa shape index (κ1) is 30.3. The molecule has 2 heterocycles. The van der Waals surface area contributed by atoms with Crippen molar-refractivity contribution >= 4 is 49.6 Å². The van der Waals surface area contributed by atoms with Gasteiger partial charge in [0.15, 0.2) is 0 Å². The second-order valence-electron chi connectivity index (χ2n) is 14.2. The van der Waals surface area contributed by atoms with Crippen LogP contribution >= 0.6 is 0 Å². The van der Waals surface area contributed by atoms with Gasteiger partial charge in [-0.05, 0) is 82.6 Å². The van der Waals surface area contributed by atoms with E-state index < -0.39 is 0 Å². The Balaban J connectivity index is 1.23. The summed E-state index contributed by atoms with van der Waals surface area (Å²) in [6.07, 6.45) is 0. The van der Waals surface area contributed by atoms with E-state index in [-0.39, 0.29) is 5.41 Å². The maximum Gasteiger partial charge on any atom is 0.133 e. The predicted octanol–water partition coefficient (Wildman–Crippen LogP) is 13.5. The molecule has 0 saturated heterocycles. The topological polar surface area (TPSA) is 17.4 Å². The quantitative estimate of drug-likeness (QED) is 0.182. The van der Waals surface area contributed by atoms with Crippen molar-refractivity contribution in [3.05, 3.63) is 193 Å². The molecular formula is C49H36N2O. The molecule has 0 aliphatic carbocycles. The van der Waals surface area contributed by atoms with Crippen molar-refractivity contribution in [2.45, 2.75) is 19.3 Å². The number of fused-ring (bicyclic) bond motifs is 7. The van der Waals surface area contributed by atoms with E-state index in [1.807, 2.05) is 0 Å². The molecule has 3 heteroatoms. The summed E-state index contributed by atoms with van der Waals surface area (Å²) >= 11 is 0. The molecule has 0 atom stereocenters. The Morgan fingerprint density at radius 3 is 1.98 bits per heavy atom. The number of ether oxygens (including phenoxy) is 1. The lowest BCUT2D eigenvalue weighted by atomic mass is 9.76. The number of hydrogen-bond donors (Lipinski definition) is 0. The van der Waals surface area contributed by atoms with Gasteiger partial charge in [-0.2, -0.15) is 0 Å². The van der Waals surface area contributed by atoms with Crippen molar-refractivity contribution in [1.29, 1.82) is 0 Å². The molecule has 0 saturated carbocycles. The minimum absolute atomic E-state index is 0.194. The van der Waals surface area contributed by atoms with Gasteiger partial charge >= 0.3 is 0 Å². The molecule has 0 spiro atoms. The monoisotopic (exact) mass is 668 g/mol. The number of para-hydroxylation sites is 2. The molecule has 9 aromatic rings. The van der Waals surface area contributed by atoms with E-state index in [1.165, 1.54) is 54.8 Å². The Morgan fingerprint density at radius 2 is 1.12 bits per heavy atom. The van der Waals surface area contributed by atoms with Crippen LogP contribution in [-0.2, 0) is 5.41 Å². The largest absolute Gasteiger partial charge is 0.457 e. The summed E-state index contributed by atoms with van der Waals surface area (Å²) in [5.41, 5.74) is 11.2. The van der Waals surface area contributed by atoms with Crippen LogP contribution in [0.2, 0.25) is 0 Å². The van der Waals surface area contributed by atoms with Gasteiger partial charge in [-0.15, -0.1) is 0 Å². The van der Waals surface area contributed by atoms with Crippen molar-refractivity contribution in [3.63, 3.8) is 0 Å². The SMILES string of the molecule is CC1(C)c2ccccc2Oc2cc(N(c3cccc(-c4ccccc4)c3)c3ccc4c(c3)c3c5ccccc5ccc3n4-c3ccccc3)ccc21. The van der Waals surface area contributed by atoms with Gasteiger partial charge in [0.1, 0.15) is 11.5 Å². The number of aromatic nitrogens is 1. The van der Waals surface area contributed by atoms with E-state index in [2.05, 4.69) is 205 Å². The molecule has 0 amide bonds. The lowest BCUT2D eigenvalue weighted by Crippen LogP contribution is -2.24. The zero-order chi connectivity index (χ0) is 34.8. The highest BCUT2D eigenvalue weighted by Crippen LogP contribution is 2.50. The van der Waals surface area contributed by atoms with Gasteiger partial charge in [0.2, 0.25) is 0 Å². The van der Waals surface area contributed by atoms with Gasteiger partial charge in [-0.25, -0.2) is 0 Å². The van der Waals surface area contributed by atoms with Crippen molar-refractivity contribution in [2.24, 2.45) is 0 Å². The molecule has 1 aliphatic rings. The highest BCUT2D eigenvalue weighted by Gasteiger charge is 2.34. The molecule has 0 fully saturated rings. The summed E-state index contributed by atoms with van der Waals surface area (Å²) in [5, 5.41) is 4.94. The van der Waals surface area contributed by atoms with Gasteiger partial charge in [0.25, 0.3) is 0 Å². The highest BCUT2D eigenvalue weighted by atomic mass is 16.5. The molecule has 52 heavy (non-hydrogen) atoms. The maximum atomic E-state index is 6.67. The second kappa shape index (κ2) is 11.8. The van der Waals surface area contributed by atoms with Crippen LogP contribution in [0.4, 0.5) is 17.1 Å². The lowest BCUT2D eigenvalue weighted by Gasteiger charge is -2.35. The minimum Gasteiger partial charge on any atom is -0.457 e. The fourth-order valence-corrected chi connectivity index (χ4v) is 8.26. The number of hydrogen-bond acceptors (Lipinski definition) is 2. The fraction of sp³-hybridized carbons (Fsp3) is 0.0612. The fourth-order valence-electron chi connectivity index (χ4n) is 8.26. The van der Waals surface area contributed by atoms with Crippen LogP contribution in [0.3, 0.4) is 0 Å². The first-order chi connectivity index (χ1) is 25.5. The second-order valence-corrected chi connectivity index (χ2v) is 14.2. The van der Waals surface area contributed by atoms with Crippen LogP contribution in [0.15, 0.2) is 182 Å². The van der Waals surface area contributed by atoms with Crippen molar-refractivity contribution in [2.75, 3.05) is 4.90 Å². The smallest absolute Gasteiger partial charge is 0.133 e. The van der Waals surface area contributed by atoms with Gasteiger partial charge < -0.3 is 14.2 Å². The zero-order valence-electron chi connectivity index (χ0n) is 29.1. The summed E-state index contributed by atoms with van der Waals surface area (Å²) in [6.45, 7) is 4.57. The van der Waals surface area contributed by atoms with Gasteiger partial charge in [-0.3, -0.25) is 0 Å². The third-order valence-electron chi connectivity index (χ3n) is 10.8. The van der Waals surface area contributed by atoms with Crippen molar-refractivity contribution < 1.29 is 4.74 Å². The number of anilines is 3. The number of rotatable bonds is 5. The van der Waals surface area contributed by atoms with Crippen LogP contribution in [0.25, 0.3) is 49.4 Å². The Morgan fingerprint density at radius 1 is 0.462 bits per heavy atom. The zero-order valence-corrected chi connectivity index (χ0v) is 29.1. The van der Waals surface area contributed by atoms with Gasteiger partial charge in [0.05, 0.1) is 11.0 Å². The summed E-state index contributed by atoms with van der Waals surface area (Å²) in [5.74, 6) is 1.80. The Bertz CT molecular complexity index is 2800. The standard InChI is InChI=1S/C49H36N2O/c1-49(2)42-22-11-12-23-46(42)52-47-32-39(25-27-43(47)49)50(37-20-13-17-35(30-37)33-14-5-3-6-15-33)38-26-29-44-41(31-38)48-40-21-10-9-16-34(40)24-28-45(48)51(44)36-18-7-4-8-19-36/h3-32H,1-2H3. The van der Waals surface area contributed by atoms with E-state index in [0.717, 1.165) is 34.2 Å². The number of benzene rings is 8. The van der Waals surface area contributed by atoms with Crippen molar-refractivity contribution in [1.82, 2.24) is 4.57 Å². The Kier molecular flexibility index (Phi) is 6.84. The first-order valence-electron chi connectivity index (χ1n) is 17.9. The average Bonchev–Trinajstić information content (AvgIpc) is 3.53. The van der Waals surface area contributed by atoms with Gasteiger partial charge in [-0.1, -0.05) is 129 Å². The van der Waals surface area contributed by atoms with E-state index >= 15 is 0 Å². The minimum atomic E-state index is -0.194. The average molecular weight is 669 g/mol.